The number of hydrogen-bond donors (Lipinski definition) is 2. The molecule has 0 saturated carbocycles. The predicted octanol–water partition coefficient (Wildman–Crippen LogP) is 3.87. The van der Waals surface area contributed by atoms with Gasteiger partial charge >= 0.3 is 0 Å². The van der Waals surface area contributed by atoms with Crippen molar-refractivity contribution in [1.82, 2.24) is 9.97 Å². The van der Waals surface area contributed by atoms with Gasteiger partial charge in [0, 0.05) is 18.3 Å². The molecule has 3 aromatic rings. The topological polar surface area (TPSA) is 68.3 Å². The highest BCUT2D eigenvalue weighted by Gasteiger charge is 2.13. The monoisotopic (exact) mass is 334 g/mol. The Hall–Kier alpha value is -3.28. The van der Waals surface area contributed by atoms with E-state index in [-0.39, 0.29) is 6.79 Å². The molecule has 25 heavy (non-hydrogen) atoms. The van der Waals surface area contributed by atoms with Crippen molar-refractivity contribution in [2.45, 2.75) is 13.5 Å². The number of benzene rings is 2. The Kier molecular flexibility index (Phi) is 4.08. The van der Waals surface area contributed by atoms with Gasteiger partial charge in [-0.05, 0) is 36.8 Å². The molecule has 0 amide bonds. The lowest BCUT2D eigenvalue weighted by molar-refractivity contribution is 0.174. The molecule has 2 heterocycles. The molecule has 1 aromatic heterocycles. The quantitative estimate of drug-likeness (QED) is 0.738. The third-order valence-corrected chi connectivity index (χ3v) is 3.79. The highest BCUT2D eigenvalue weighted by Crippen LogP contribution is 2.32. The molecule has 126 valence electrons. The van der Waals surface area contributed by atoms with Crippen LogP contribution in [0.2, 0.25) is 0 Å². The fraction of sp³-hybridized carbons (Fsp3) is 0.158. The number of anilines is 3. The molecule has 0 radical (unpaired) electrons. The molecular weight excluding hydrogens is 316 g/mol. The largest absolute Gasteiger partial charge is 0.454 e. The number of nitrogens with zero attached hydrogens (tertiary/aromatic N) is 2. The summed E-state index contributed by atoms with van der Waals surface area (Å²) in [5.41, 5.74) is 2.08. The van der Waals surface area contributed by atoms with E-state index in [9.17, 15) is 0 Å². The number of rotatable bonds is 5. The molecule has 1 aliphatic rings. The molecule has 0 atom stereocenters. The van der Waals surface area contributed by atoms with Gasteiger partial charge < -0.3 is 20.1 Å². The molecule has 0 spiro atoms. The molecule has 6 heteroatoms. The third kappa shape index (κ3) is 3.63. The van der Waals surface area contributed by atoms with Crippen LogP contribution >= 0.6 is 0 Å². The molecule has 4 rings (SSSR count). The maximum absolute atomic E-state index is 5.41. The minimum atomic E-state index is 0.284. The van der Waals surface area contributed by atoms with Crippen molar-refractivity contribution >= 4 is 17.3 Å². The standard InChI is InChI=1S/C19H18N4O2/c1-13-21-18(10-19(22-13)23-15-5-3-2-4-6-15)20-11-14-7-8-16-17(9-14)25-12-24-16/h2-10H,11-12H2,1H3,(H2,20,21,22,23). The van der Waals surface area contributed by atoms with Crippen molar-refractivity contribution in [3.05, 3.63) is 66.0 Å². The fourth-order valence-electron chi connectivity index (χ4n) is 2.64. The molecule has 2 N–H and O–H groups in total. The van der Waals surface area contributed by atoms with Gasteiger partial charge in [-0.1, -0.05) is 24.3 Å². The number of hydrogen-bond acceptors (Lipinski definition) is 6. The Balaban J connectivity index is 1.47. The van der Waals surface area contributed by atoms with E-state index in [1.54, 1.807) is 0 Å². The van der Waals surface area contributed by atoms with E-state index in [0.717, 1.165) is 34.4 Å². The summed E-state index contributed by atoms with van der Waals surface area (Å²) in [6, 6.07) is 17.7. The summed E-state index contributed by atoms with van der Waals surface area (Å²) in [6.45, 7) is 2.80. The average molecular weight is 334 g/mol. The van der Waals surface area contributed by atoms with Gasteiger partial charge in [-0.3, -0.25) is 0 Å². The van der Waals surface area contributed by atoms with Crippen LogP contribution in [0.15, 0.2) is 54.6 Å². The Morgan fingerprint density at radius 3 is 2.60 bits per heavy atom. The highest BCUT2D eigenvalue weighted by molar-refractivity contribution is 5.59. The second-order valence-corrected chi connectivity index (χ2v) is 5.72. The first-order valence-electron chi connectivity index (χ1n) is 8.06. The molecule has 0 saturated heterocycles. The van der Waals surface area contributed by atoms with E-state index in [2.05, 4.69) is 20.6 Å². The summed E-state index contributed by atoms with van der Waals surface area (Å²) < 4.78 is 10.7. The van der Waals surface area contributed by atoms with E-state index < -0.39 is 0 Å². The van der Waals surface area contributed by atoms with Gasteiger partial charge in [0.2, 0.25) is 6.79 Å². The van der Waals surface area contributed by atoms with Gasteiger partial charge in [-0.15, -0.1) is 0 Å². The van der Waals surface area contributed by atoms with Crippen LogP contribution in [0.1, 0.15) is 11.4 Å². The van der Waals surface area contributed by atoms with Crippen LogP contribution < -0.4 is 20.1 Å². The molecule has 0 aliphatic carbocycles. The molecule has 1 aliphatic heterocycles. The van der Waals surface area contributed by atoms with E-state index in [0.29, 0.717) is 12.4 Å². The molecule has 6 nitrogen and oxygen atoms in total. The van der Waals surface area contributed by atoms with E-state index in [4.69, 9.17) is 9.47 Å². The number of nitrogens with one attached hydrogen (secondary N) is 2. The second-order valence-electron chi connectivity index (χ2n) is 5.72. The smallest absolute Gasteiger partial charge is 0.231 e. The first-order valence-corrected chi connectivity index (χ1v) is 8.06. The number of aromatic nitrogens is 2. The van der Waals surface area contributed by atoms with Crippen molar-refractivity contribution in [2.24, 2.45) is 0 Å². The van der Waals surface area contributed by atoms with Crippen LogP contribution in [0, 0.1) is 6.92 Å². The zero-order valence-electron chi connectivity index (χ0n) is 13.8. The number of fused-ring (bicyclic) bond motifs is 1. The summed E-state index contributed by atoms with van der Waals surface area (Å²) in [5, 5.41) is 6.62. The average Bonchev–Trinajstić information content (AvgIpc) is 3.08. The Morgan fingerprint density at radius 1 is 0.920 bits per heavy atom. The lowest BCUT2D eigenvalue weighted by Gasteiger charge is -2.10. The van der Waals surface area contributed by atoms with E-state index >= 15 is 0 Å². The van der Waals surface area contributed by atoms with E-state index in [1.807, 2.05) is 61.5 Å². The van der Waals surface area contributed by atoms with Crippen LogP contribution in [-0.2, 0) is 6.54 Å². The first kappa shape index (κ1) is 15.3. The van der Waals surface area contributed by atoms with Gasteiger partial charge in [-0.25, -0.2) is 9.97 Å². The highest BCUT2D eigenvalue weighted by atomic mass is 16.7. The number of ether oxygens (including phenoxy) is 2. The summed E-state index contributed by atoms with van der Waals surface area (Å²) in [4.78, 5) is 8.88. The van der Waals surface area contributed by atoms with Crippen LogP contribution in [0.25, 0.3) is 0 Å². The van der Waals surface area contributed by atoms with E-state index in [1.165, 1.54) is 0 Å². The minimum Gasteiger partial charge on any atom is -0.454 e. The lowest BCUT2D eigenvalue weighted by atomic mass is 10.2. The molecule has 0 bridgehead atoms. The SMILES string of the molecule is Cc1nc(NCc2ccc3c(c2)OCO3)cc(Nc2ccccc2)n1. The molecule has 2 aromatic carbocycles. The lowest BCUT2D eigenvalue weighted by Crippen LogP contribution is -2.05. The Bertz CT molecular complexity index is 884. The van der Waals surface area contributed by atoms with Crippen molar-refractivity contribution < 1.29 is 9.47 Å². The van der Waals surface area contributed by atoms with Gasteiger partial charge in [0.05, 0.1) is 0 Å². The summed E-state index contributed by atoms with van der Waals surface area (Å²) in [7, 11) is 0. The normalized spacial score (nSPS) is 12.0. The zero-order chi connectivity index (χ0) is 17.1. The zero-order valence-corrected chi connectivity index (χ0v) is 13.8. The van der Waals surface area contributed by atoms with Crippen LogP contribution in [0.4, 0.5) is 17.3 Å². The van der Waals surface area contributed by atoms with Crippen LogP contribution in [0.5, 0.6) is 11.5 Å². The maximum Gasteiger partial charge on any atom is 0.231 e. The van der Waals surface area contributed by atoms with Crippen LogP contribution in [0.3, 0.4) is 0 Å². The molecule has 0 unspecified atom stereocenters. The Labute approximate surface area is 145 Å². The summed E-state index contributed by atoms with van der Waals surface area (Å²) in [5.74, 6) is 3.80. The fourth-order valence-corrected chi connectivity index (χ4v) is 2.64. The molecule has 0 fully saturated rings. The van der Waals surface area contributed by atoms with Crippen molar-refractivity contribution in [1.29, 1.82) is 0 Å². The van der Waals surface area contributed by atoms with Crippen molar-refractivity contribution in [3.63, 3.8) is 0 Å². The predicted molar refractivity (Wildman–Crippen MR) is 96.4 cm³/mol. The summed E-state index contributed by atoms with van der Waals surface area (Å²) >= 11 is 0. The van der Waals surface area contributed by atoms with Crippen LogP contribution in [-0.4, -0.2) is 16.8 Å². The second kappa shape index (κ2) is 6.68. The number of para-hydroxylation sites is 1. The van der Waals surface area contributed by atoms with Gasteiger partial charge in [0.1, 0.15) is 17.5 Å². The first-order chi connectivity index (χ1) is 12.3. The van der Waals surface area contributed by atoms with Crippen molar-refractivity contribution in [3.8, 4) is 11.5 Å². The molecular formula is C19H18N4O2. The number of aryl methyl sites for hydroxylation is 1. The Morgan fingerprint density at radius 2 is 1.72 bits per heavy atom. The maximum atomic E-state index is 5.41. The van der Waals surface area contributed by atoms with Gasteiger partial charge in [0.25, 0.3) is 0 Å². The van der Waals surface area contributed by atoms with Gasteiger partial charge in [-0.2, -0.15) is 0 Å². The van der Waals surface area contributed by atoms with Gasteiger partial charge in [0.15, 0.2) is 11.5 Å². The minimum absolute atomic E-state index is 0.284. The van der Waals surface area contributed by atoms with Crippen molar-refractivity contribution in [2.75, 3.05) is 17.4 Å². The third-order valence-electron chi connectivity index (χ3n) is 3.79. The summed E-state index contributed by atoms with van der Waals surface area (Å²) in [6.07, 6.45) is 0.